The van der Waals surface area contributed by atoms with Gasteiger partial charge in [-0.3, -0.25) is 0 Å². The quantitative estimate of drug-likeness (QED) is 0.275. The van der Waals surface area contributed by atoms with Crippen LogP contribution in [0.5, 0.6) is 5.75 Å². The molecule has 1 saturated carbocycles. The Morgan fingerprint density at radius 1 is 1.04 bits per heavy atom. The zero-order valence-corrected chi connectivity index (χ0v) is 27.2. The normalized spacial score (nSPS) is 31.9. The number of phenolic OH excluding ortho intramolecular Hbond substituents is 1. The van der Waals surface area contributed by atoms with E-state index in [4.69, 9.17) is 9.47 Å². The Morgan fingerprint density at radius 3 is 2.62 bits per heavy atom. The van der Waals surface area contributed by atoms with Crippen LogP contribution in [0.2, 0.25) is 0 Å². The Labute approximate surface area is 268 Å². The lowest BCUT2D eigenvalue weighted by Crippen LogP contribution is -2.52. The first kappa shape index (κ1) is 30.5. The lowest BCUT2D eigenvalue weighted by molar-refractivity contribution is -0.135. The summed E-state index contributed by atoms with van der Waals surface area (Å²) in [5.74, 6) is 3.02. The van der Waals surface area contributed by atoms with Gasteiger partial charge in [0.2, 0.25) is 0 Å². The fraction of sp³-hybridized carbons (Fsp3) is 0.590. The molecule has 1 aromatic carbocycles. The molecule has 3 aliphatic heterocycles. The first-order valence-electron chi connectivity index (χ1n) is 17.7. The van der Waals surface area contributed by atoms with E-state index in [2.05, 4.69) is 38.2 Å². The second-order valence-electron chi connectivity index (χ2n) is 14.8. The van der Waals surface area contributed by atoms with E-state index in [-0.39, 0.29) is 35.4 Å². The Kier molecular flexibility index (Phi) is 8.30. The zero-order chi connectivity index (χ0) is 31.3. The largest absolute Gasteiger partial charge is 0.508 e. The number of phenols is 1. The van der Waals surface area contributed by atoms with Crippen molar-refractivity contribution >= 4 is 17.5 Å². The van der Waals surface area contributed by atoms with Crippen molar-refractivity contribution in [3.63, 3.8) is 0 Å². The molecular formula is C39H49NO5. The van der Waals surface area contributed by atoms with E-state index in [9.17, 15) is 14.7 Å². The van der Waals surface area contributed by atoms with Gasteiger partial charge in [-0.2, -0.15) is 0 Å². The van der Waals surface area contributed by atoms with Crippen LogP contribution in [0, 0.1) is 40.9 Å². The number of esters is 2. The first-order chi connectivity index (χ1) is 21.8. The number of rotatable bonds is 9. The third-order valence-corrected chi connectivity index (χ3v) is 11.9. The van der Waals surface area contributed by atoms with Crippen LogP contribution in [0.25, 0.3) is 5.57 Å². The van der Waals surface area contributed by atoms with Crippen LogP contribution in [0.4, 0.5) is 0 Å². The molecule has 0 radical (unpaired) electrons. The van der Waals surface area contributed by atoms with Gasteiger partial charge in [0.25, 0.3) is 0 Å². The van der Waals surface area contributed by atoms with Gasteiger partial charge in [0, 0.05) is 17.1 Å². The van der Waals surface area contributed by atoms with Gasteiger partial charge in [-0.25, -0.2) is 9.59 Å². The van der Waals surface area contributed by atoms with E-state index in [1.165, 1.54) is 12.8 Å². The van der Waals surface area contributed by atoms with Crippen molar-refractivity contribution in [3.05, 3.63) is 70.2 Å². The second kappa shape index (κ2) is 12.2. The van der Waals surface area contributed by atoms with Crippen LogP contribution in [-0.4, -0.2) is 30.1 Å². The molecule has 45 heavy (non-hydrogen) atoms. The summed E-state index contributed by atoms with van der Waals surface area (Å²) in [7, 11) is 0. The average Bonchev–Trinajstić information content (AvgIpc) is 3.52. The maximum absolute atomic E-state index is 14.1. The summed E-state index contributed by atoms with van der Waals surface area (Å²) in [4.78, 5) is 28.0. The van der Waals surface area contributed by atoms with E-state index < -0.39 is 5.41 Å². The summed E-state index contributed by atoms with van der Waals surface area (Å²) in [5, 5.41) is 13.9. The number of cyclic esters (lactones) is 2. The number of aromatic hydroxyl groups is 1. The third-order valence-electron chi connectivity index (χ3n) is 11.9. The molecule has 7 aliphatic rings. The van der Waals surface area contributed by atoms with Crippen LogP contribution >= 0.6 is 0 Å². The minimum Gasteiger partial charge on any atom is -0.508 e. The molecule has 2 N–H and O–H groups in total. The van der Waals surface area contributed by atoms with E-state index in [0.29, 0.717) is 11.8 Å². The first-order valence-corrected chi connectivity index (χ1v) is 17.7. The molecule has 6 nitrogen and oxygen atoms in total. The fourth-order valence-corrected chi connectivity index (χ4v) is 9.70. The molecule has 6 heteroatoms. The van der Waals surface area contributed by atoms with E-state index in [1.54, 1.807) is 12.1 Å². The fourth-order valence-electron chi connectivity index (χ4n) is 9.70. The van der Waals surface area contributed by atoms with Crippen LogP contribution in [-0.2, 0) is 19.1 Å². The lowest BCUT2D eigenvalue weighted by Gasteiger charge is -2.56. The molecule has 5 atom stereocenters. The van der Waals surface area contributed by atoms with Crippen molar-refractivity contribution in [2.45, 2.75) is 91.4 Å². The molecule has 240 valence electrons. The van der Waals surface area contributed by atoms with Gasteiger partial charge >= 0.3 is 11.9 Å². The number of nitrogens with one attached hydrogen (secondary N) is 1. The number of benzene rings is 1. The van der Waals surface area contributed by atoms with Gasteiger partial charge in [-0.15, -0.1) is 0 Å². The molecule has 2 bridgehead atoms. The maximum atomic E-state index is 14.1. The Morgan fingerprint density at radius 2 is 1.87 bits per heavy atom. The van der Waals surface area contributed by atoms with Crippen LogP contribution < -0.4 is 5.32 Å². The molecule has 5 unspecified atom stereocenters. The standard InChI is InChI=1S/C39H49NO5/c1-4-24(12-11-23(2)3)21-32-39-18-15-28(33(36(39)38(43)45-32)26-8-6-9-27(41)22-26)29-13-14-30-31(44-37(42)34(30)35(29)39)10-5-7-25-16-19-40-20-17-25/h6,8-10,21-25,28-29,35,40-41H,4-5,7,11-20H2,1-3H3. The smallest absolute Gasteiger partial charge is 0.340 e. The summed E-state index contributed by atoms with van der Waals surface area (Å²) in [6.45, 7) is 8.89. The van der Waals surface area contributed by atoms with Crippen molar-refractivity contribution < 1.29 is 24.2 Å². The highest BCUT2D eigenvalue weighted by Crippen LogP contribution is 2.71. The second-order valence-corrected chi connectivity index (χ2v) is 14.8. The molecule has 0 amide bonds. The number of allylic oxidation sites excluding steroid dienone is 5. The molecule has 0 aromatic heterocycles. The Balaban J connectivity index is 1.33. The molecule has 3 heterocycles. The third kappa shape index (κ3) is 5.21. The average molecular weight is 612 g/mol. The predicted octanol–water partition coefficient (Wildman–Crippen LogP) is 8.00. The SMILES string of the molecule is CCC(C=C1OC(=O)C2=C(c3cccc(O)c3)C3CCC12C1C2=C(CCC31)C(=CCCC1CCNCC1)OC2=O)CCC(C)C. The highest BCUT2D eigenvalue weighted by molar-refractivity contribution is 6.06. The summed E-state index contributed by atoms with van der Waals surface area (Å²) in [6.07, 6.45) is 15.5. The van der Waals surface area contributed by atoms with Gasteiger partial charge in [0.1, 0.15) is 17.3 Å². The number of hydrogen-bond acceptors (Lipinski definition) is 6. The molecule has 8 rings (SSSR count). The summed E-state index contributed by atoms with van der Waals surface area (Å²) < 4.78 is 12.4. The highest BCUT2D eigenvalue weighted by atomic mass is 16.5. The molecule has 2 saturated heterocycles. The van der Waals surface area contributed by atoms with Gasteiger partial charge in [-0.1, -0.05) is 39.3 Å². The maximum Gasteiger partial charge on any atom is 0.340 e. The molecule has 1 aromatic rings. The number of carbonyl (C=O) groups is 2. The van der Waals surface area contributed by atoms with Crippen LogP contribution in [0.15, 0.2) is 64.7 Å². The zero-order valence-electron chi connectivity index (χ0n) is 27.2. The Bertz CT molecular complexity index is 1490. The van der Waals surface area contributed by atoms with Gasteiger partial charge < -0.3 is 19.9 Å². The van der Waals surface area contributed by atoms with Crippen molar-refractivity contribution in [1.82, 2.24) is 5.32 Å². The summed E-state index contributed by atoms with van der Waals surface area (Å²) in [6, 6.07) is 7.34. The molecule has 1 spiro atoms. The number of fused-ring (bicyclic) bond motifs is 1. The van der Waals surface area contributed by atoms with Crippen molar-refractivity contribution in [2.75, 3.05) is 13.1 Å². The molecule has 3 fully saturated rings. The van der Waals surface area contributed by atoms with Crippen LogP contribution in [0.3, 0.4) is 0 Å². The number of ether oxygens (including phenoxy) is 2. The summed E-state index contributed by atoms with van der Waals surface area (Å²) >= 11 is 0. The minimum absolute atomic E-state index is 0.123. The van der Waals surface area contributed by atoms with Gasteiger partial charge in [0.15, 0.2) is 0 Å². The van der Waals surface area contributed by atoms with E-state index in [1.807, 2.05) is 12.1 Å². The molecular weight excluding hydrogens is 562 g/mol. The number of carbonyl (C=O) groups excluding carboxylic acids is 2. The highest BCUT2D eigenvalue weighted by Gasteiger charge is 2.68. The monoisotopic (exact) mass is 611 g/mol. The number of piperidine rings is 1. The molecule has 4 aliphatic carbocycles. The van der Waals surface area contributed by atoms with E-state index >= 15 is 0 Å². The predicted molar refractivity (Wildman–Crippen MR) is 174 cm³/mol. The number of hydrogen-bond donors (Lipinski definition) is 2. The topological polar surface area (TPSA) is 84.9 Å². The van der Waals surface area contributed by atoms with Crippen molar-refractivity contribution in [2.24, 2.45) is 40.9 Å². The lowest BCUT2D eigenvalue weighted by atomic mass is 9.44. The van der Waals surface area contributed by atoms with Gasteiger partial charge in [-0.05, 0) is 142 Å². The summed E-state index contributed by atoms with van der Waals surface area (Å²) in [5.41, 5.74) is 3.83. The van der Waals surface area contributed by atoms with Crippen molar-refractivity contribution in [3.8, 4) is 5.75 Å². The minimum atomic E-state index is -0.687. The Hall–Kier alpha value is -3.12. The van der Waals surface area contributed by atoms with E-state index in [0.717, 1.165) is 116 Å². The van der Waals surface area contributed by atoms with Crippen LogP contribution in [0.1, 0.15) is 97.0 Å². The van der Waals surface area contributed by atoms with Crippen molar-refractivity contribution in [1.29, 1.82) is 0 Å². The van der Waals surface area contributed by atoms with Gasteiger partial charge in [0.05, 0.1) is 11.0 Å².